The Morgan fingerprint density at radius 1 is 1.24 bits per heavy atom. The van der Waals surface area contributed by atoms with E-state index in [-0.39, 0.29) is 17.2 Å². The molecule has 2 aromatic carbocycles. The fraction of sp³-hybridized carbons (Fsp3) is 0.364. The van der Waals surface area contributed by atoms with Gasteiger partial charge in [0.2, 0.25) is 0 Å². The van der Waals surface area contributed by atoms with Gasteiger partial charge in [-0.2, -0.15) is 13.2 Å². The summed E-state index contributed by atoms with van der Waals surface area (Å²) in [7, 11) is 0. The first-order valence-electron chi connectivity index (χ1n) is 9.53. The van der Waals surface area contributed by atoms with Crippen molar-refractivity contribution in [3.05, 3.63) is 64.7 Å². The largest absolute Gasteiger partial charge is 0.481 e. The van der Waals surface area contributed by atoms with Crippen molar-refractivity contribution < 1.29 is 22.7 Å². The van der Waals surface area contributed by atoms with Crippen molar-refractivity contribution in [2.24, 2.45) is 4.99 Å². The summed E-state index contributed by atoms with van der Waals surface area (Å²) in [6.07, 6.45) is -2.87. The van der Waals surface area contributed by atoms with Crippen LogP contribution in [0.1, 0.15) is 48.1 Å². The Morgan fingerprint density at radius 2 is 1.97 bits per heavy atom. The minimum Gasteiger partial charge on any atom is -0.481 e. The fourth-order valence-electron chi connectivity index (χ4n) is 3.09. The molecule has 0 saturated heterocycles. The number of carbonyl (C=O) groups excluding carboxylic acids is 1. The SMILES string of the molecule is CCCC(Oc1ccc(C2C=N2)c(C(F)(F)F)c1)C(=O)NCc1ccccc1C. The van der Waals surface area contributed by atoms with Crippen molar-refractivity contribution in [3.63, 3.8) is 0 Å². The zero-order chi connectivity index (χ0) is 21.0. The van der Waals surface area contributed by atoms with Gasteiger partial charge in [0.25, 0.3) is 5.91 Å². The Balaban J connectivity index is 1.72. The number of hydrogen-bond donors (Lipinski definition) is 1. The quantitative estimate of drug-likeness (QED) is 0.673. The molecule has 154 valence electrons. The van der Waals surface area contributed by atoms with E-state index in [1.54, 1.807) is 0 Å². The summed E-state index contributed by atoms with van der Waals surface area (Å²) >= 11 is 0. The maximum absolute atomic E-state index is 13.4. The lowest BCUT2D eigenvalue weighted by molar-refractivity contribution is -0.138. The van der Waals surface area contributed by atoms with E-state index in [2.05, 4.69) is 10.3 Å². The van der Waals surface area contributed by atoms with Gasteiger partial charge in [0.1, 0.15) is 11.8 Å². The van der Waals surface area contributed by atoms with Gasteiger partial charge < -0.3 is 10.1 Å². The van der Waals surface area contributed by atoms with Gasteiger partial charge in [0.05, 0.1) is 5.56 Å². The number of halogens is 3. The molecule has 1 aliphatic heterocycles. The van der Waals surface area contributed by atoms with Crippen LogP contribution < -0.4 is 10.1 Å². The van der Waals surface area contributed by atoms with Crippen LogP contribution in [0.2, 0.25) is 0 Å². The Hall–Kier alpha value is -2.83. The molecule has 0 aromatic heterocycles. The number of benzene rings is 2. The molecule has 0 bridgehead atoms. The Bertz CT molecular complexity index is 903. The molecule has 1 aliphatic rings. The van der Waals surface area contributed by atoms with Crippen LogP contribution >= 0.6 is 0 Å². The Kier molecular flexibility index (Phi) is 6.25. The van der Waals surface area contributed by atoms with E-state index in [1.165, 1.54) is 18.3 Å². The number of ether oxygens (including phenoxy) is 1. The van der Waals surface area contributed by atoms with Gasteiger partial charge in [-0.1, -0.05) is 43.7 Å². The van der Waals surface area contributed by atoms with Crippen molar-refractivity contribution >= 4 is 12.1 Å². The average molecular weight is 404 g/mol. The topological polar surface area (TPSA) is 50.7 Å². The molecule has 0 saturated carbocycles. The molecule has 1 N–H and O–H groups in total. The zero-order valence-electron chi connectivity index (χ0n) is 16.3. The minimum absolute atomic E-state index is 0.0196. The highest BCUT2D eigenvalue weighted by molar-refractivity contribution is 5.81. The summed E-state index contributed by atoms with van der Waals surface area (Å²) in [5.41, 5.74) is 1.34. The first-order chi connectivity index (χ1) is 13.8. The van der Waals surface area contributed by atoms with Crippen LogP contribution in [0.15, 0.2) is 47.5 Å². The molecular weight excluding hydrogens is 381 g/mol. The summed E-state index contributed by atoms with van der Waals surface area (Å²) in [6, 6.07) is 10.9. The molecule has 2 atom stereocenters. The number of hydrogen-bond acceptors (Lipinski definition) is 3. The molecule has 1 heterocycles. The van der Waals surface area contributed by atoms with Gasteiger partial charge in [-0.05, 0) is 42.2 Å². The van der Waals surface area contributed by atoms with E-state index >= 15 is 0 Å². The van der Waals surface area contributed by atoms with Crippen LogP contribution in [0.5, 0.6) is 5.75 Å². The Labute approximate surface area is 167 Å². The molecule has 0 fully saturated rings. The van der Waals surface area contributed by atoms with Crippen LogP contribution in [0.3, 0.4) is 0 Å². The summed E-state index contributed by atoms with van der Waals surface area (Å²) in [5.74, 6) is -0.329. The van der Waals surface area contributed by atoms with E-state index in [0.717, 1.165) is 17.2 Å². The van der Waals surface area contributed by atoms with E-state index in [4.69, 9.17) is 4.74 Å². The van der Waals surface area contributed by atoms with Crippen molar-refractivity contribution in [2.45, 2.75) is 51.6 Å². The van der Waals surface area contributed by atoms with Gasteiger partial charge in [-0.3, -0.25) is 9.79 Å². The summed E-state index contributed by atoms with van der Waals surface area (Å²) in [5, 5.41) is 2.82. The third kappa shape index (κ3) is 5.37. The number of alkyl halides is 3. The Morgan fingerprint density at radius 3 is 2.59 bits per heavy atom. The van der Waals surface area contributed by atoms with Crippen LogP contribution in [0.25, 0.3) is 0 Å². The van der Waals surface area contributed by atoms with Crippen molar-refractivity contribution in [1.29, 1.82) is 0 Å². The van der Waals surface area contributed by atoms with Gasteiger partial charge in [0.15, 0.2) is 6.10 Å². The maximum Gasteiger partial charge on any atom is 0.416 e. The number of carbonyl (C=O) groups is 1. The average Bonchev–Trinajstić information content (AvgIpc) is 3.51. The van der Waals surface area contributed by atoms with Crippen molar-refractivity contribution in [1.82, 2.24) is 5.32 Å². The normalized spacial score (nSPS) is 16.4. The molecule has 1 amide bonds. The van der Waals surface area contributed by atoms with Crippen LogP contribution in [0.4, 0.5) is 13.2 Å². The number of nitrogens with zero attached hydrogens (tertiary/aromatic N) is 1. The van der Waals surface area contributed by atoms with Gasteiger partial charge in [0, 0.05) is 12.8 Å². The van der Waals surface area contributed by atoms with Gasteiger partial charge in [-0.25, -0.2) is 0 Å². The van der Waals surface area contributed by atoms with E-state index in [9.17, 15) is 18.0 Å². The van der Waals surface area contributed by atoms with Crippen molar-refractivity contribution in [2.75, 3.05) is 0 Å². The molecule has 0 spiro atoms. The molecule has 2 unspecified atom stereocenters. The first-order valence-corrected chi connectivity index (χ1v) is 9.53. The second kappa shape index (κ2) is 8.68. The molecule has 0 aliphatic carbocycles. The van der Waals surface area contributed by atoms with E-state index < -0.39 is 23.9 Å². The minimum atomic E-state index is -4.52. The zero-order valence-corrected chi connectivity index (χ0v) is 16.3. The number of aliphatic imine (C=N–C) groups is 1. The smallest absolute Gasteiger partial charge is 0.416 e. The third-order valence-electron chi connectivity index (χ3n) is 4.78. The molecule has 3 rings (SSSR count). The molecule has 7 heteroatoms. The summed E-state index contributed by atoms with van der Waals surface area (Å²) < 4.78 is 45.9. The second-order valence-electron chi connectivity index (χ2n) is 7.03. The van der Waals surface area contributed by atoms with Crippen LogP contribution in [-0.4, -0.2) is 18.2 Å². The number of aryl methyl sites for hydroxylation is 1. The monoisotopic (exact) mass is 404 g/mol. The highest BCUT2D eigenvalue weighted by Gasteiger charge is 2.37. The first kappa shape index (κ1) is 20.9. The molecular formula is C22H23F3N2O2. The summed E-state index contributed by atoms with van der Waals surface area (Å²) in [4.78, 5) is 16.4. The number of nitrogens with one attached hydrogen (secondary N) is 1. The number of amides is 1. The van der Waals surface area contributed by atoms with Crippen LogP contribution in [-0.2, 0) is 17.5 Å². The second-order valence-corrected chi connectivity index (χ2v) is 7.03. The van der Waals surface area contributed by atoms with E-state index in [1.807, 2.05) is 38.1 Å². The lowest BCUT2D eigenvalue weighted by atomic mass is 10.0. The van der Waals surface area contributed by atoms with E-state index in [0.29, 0.717) is 19.4 Å². The highest BCUT2D eigenvalue weighted by Crippen LogP contribution is 2.40. The molecule has 0 radical (unpaired) electrons. The standard InChI is InChI=1S/C22H23F3N2O2/c1-3-6-20(21(28)27-12-15-8-5-4-7-14(15)2)29-16-9-10-17(19-13-26-19)18(11-16)22(23,24)25/h4-5,7-11,13,19-20H,3,6,12H2,1-2H3,(H,27,28). The number of rotatable bonds is 8. The molecule has 2 aromatic rings. The van der Waals surface area contributed by atoms with Gasteiger partial charge >= 0.3 is 6.18 Å². The fourth-order valence-corrected chi connectivity index (χ4v) is 3.09. The van der Waals surface area contributed by atoms with Gasteiger partial charge in [-0.15, -0.1) is 0 Å². The van der Waals surface area contributed by atoms with Crippen molar-refractivity contribution in [3.8, 4) is 5.75 Å². The predicted octanol–water partition coefficient (Wildman–Crippen LogP) is 5.00. The summed E-state index contributed by atoms with van der Waals surface area (Å²) in [6.45, 7) is 4.17. The third-order valence-corrected chi connectivity index (χ3v) is 4.78. The highest BCUT2D eigenvalue weighted by atomic mass is 19.4. The maximum atomic E-state index is 13.4. The molecule has 29 heavy (non-hydrogen) atoms. The lowest BCUT2D eigenvalue weighted by Crippen LogP contribution is -2.38. The lowest BCUT2D eigenvalue weighted by Gasteiger charge is -2.20. The predicted molar refractivity (Wildman–Crippen MR) is 105 cm³/mol. The van der Waals surface area contributed by atoms with Crippen LogP contribution in [0, 0.1) is 6.92 Å². The molecule has 4 nitrogen and oxygen atoms in total.